The Labute approximate surface area is 229 Å². The summed E-state index contributed by atoms with van der Waals surface area (Å²) < 4.78 is 29.8. The second-order valence-electron chi connectivity index (χ2n) is 9.34. The van der Waals surface area contributed by atoms with Gasteiger partial charge in [-0.3, -0.25) is 14.5 Å². The number of amides is 1. The van der Waals surface area contributed by atoms with Crippen LogP contribution in [0.1, 0.15) is 12.8 Å². The van der Waals surface area contributed by atoms with Crippen LogP contribution in [0.25, 0.3) is 10.9 Å². The van der Waals surface area contributed by atoms with Gasteiger partial charge in [-0.1, -0.05) is 17.7 Å². The number of hydrogen-bond acceptors (Lipinski definition) is 9. The van der Waals surface area contributed by atoms with Crippen LogP contribution >= 0.6 is 11.6 Å². The molecule has 0 radical (unpaired) electrons. The first-order valence-corrected chi connectivity index (χ1v) is 12.8. The van der Waals surface area contributed by atoms with E-state index in [0.29, 0.717) is 59.5 Å². The van der Waals surface area contributed by atoms with Crippen molar-refractivity contribution in [2.75, 3.05) is 44.0 Å². The van der Waals surface area contributed by atoms with Gasteiger partial charge in [0.05, 0.1) is 35.9 Å². The quantitative estimate of drug-likeness (QED) is 0.279. The number of cyclic esters (lactones) is 1. The minimum atomic E-state index is -0.631. The second-order valence-corrected chi connectivity index (χ2v) is 9.74. The molecule has 1 saturated heterocycles. The highest BCUT2D eigenvalue weighted by Crippen LogP contribution is 2.36. The van der Waals surface area contributed by atoms with Gasteiger partial charge in [-0.15, -0.1) is 0 Å². The lowest BCUT2D eigenvalue weighted by molar-refractivity contribution is -0.189. The molecule has 1 aliphatic heterocycles. The summed E-state index contributed by atoms with van der Waals surface area (Å²) >= 11 is 5.93. The third-order valence-electron chi connectivity index (χ3n) is 6.27. The van der Waals surface area contributed by atoms with Crippen LogP contribution < -0.4 is 15.4 Å². The Hall–Kier alpha value is -3.80. The Kier molecular flexibility index (Phi) is 8.20. The van der Waals surface area contributed by atoms with Crippen LogP contribution in [0.4, 0.5) is 21.6 Å². The molecule has 1 atom stereocenters. The van der Waals surface area contributed by atoms with E-state index in [1.807, 2.05) is 4.90 Å². The summed E-state index contributed by atoms with van der Waals surface area (Å²) in [6.07, 6.45) is 6.07. The zero-order chi connectivity index (χ0) is 27.4. The van der Waals surface area contributed by atoms with Crippen molar-refractivity contribution in [1.82, 2.24) is 14.9 Å². The van der Waals surface area contributed by atoms with Gasteiger partial charge in [-0.25, -0.2) is 14.4 Å². The summed E-state index contributed by atoms with van der Waals surface area (Å²) in [5.41, 5.74) is 1.60. The molecular formula is C27H27ClFN5O5. The summed E-state index contributed by atoms with van der Waals surface area (Å²) in [5.74, 6) is 0.171. The van der Waals surface area contributed by atoms with E-state index in [1.54, 1.807) is 24.3 Å². The third-order valence-corrected chi connectivity index (χ3v) is 6.56. The zero-order valence-corrected chi connectivity index (χ0v) is 21.9. The fourth-order valence-corrected chi connectivity index (χ4v) is 4.21. The number of methoxy groups -OCH3 is 1. The van der Waals surface area contributed by atoms with Crippen molar-refractivity contribution in [3.8, 4) is 5.75 Å². The van der Waals surface area contributed by atoms with E-state index in [-0.39, 0.29) is 23.4 Å². The molecule has 1 saturated carbocycles. The van der Waals surface area contributed by atoms with Gasteiger partial charge in [0.15, 0.2) is 0 Å². The maximum atomic E-state index is 13.6. The van der Waals surface area contributed by atoms with Crippen molar-refractivity contribution in [2.45, 2.75) is 19.1 Å². The van der Waals surface area contributed by atoms with Crippen LogP contribution in [0.5, 0.6) is 5.75 Å². The van der Waals surface area contributed by atoms with Crippen molar-refractivity contribution in [1.29, 1.82) is 0 Å². The summed E-state index contributed by atoms with van der Waals surface area (Å²) in [7, 11) is 1.47. The number of anilines is 3. The maximum Gasteiger partial charge on any atom is 0.322 e. The number of nitrogens with one attached hydrogen (secondary N) is 2. The first-order valence-electron chi connectivity index (χ1n) is 12.4. The first-order chi connectivity index (χ1) is 18.9. The lowest BCUT2D eigenvalue weighted by Gasteiger charge is -2.29. The number of aromatic nitrogens is 2. The smallest absolute Gasteiger partial charge is 0.322 e. The second kappa shape index (κ2) is 11.9. The van der Waals surface area contributed by atoms with Crippen molar-refractivity contribution in [2.24, 2.45) is 5.92 Å². The summed E-state index contributed by atoms with van der Waals surface area (Å²) in [5, 5.41) is 6.61. The van der Waals surface area contributed by atoms with Crippen LogP contribution in [0.15, 0.2) is 48.8 Å². The molecule has 2 fully saturated rings. The molecule has 0 unspecified atom stereocenters. The number of esters is 1. The van der Waals surface area contributed by atoms with E-state index in [1.165, 1.54) is 31.6 Å². The van der Waals surface area contributed by atoms with Gasteiger partial charge in [0, 0.05) is 36.9 Å². The van der Waals surface area contributed by atoms with Crippen molar-refractivity contribution in [3.05, 3.63) is 59.7 Å². The van der Waals surface area contributed by atoms with Gasteiger partial charge in [0.25, 0.3) is 0 Å². The molecular weight excluding hydrogens is 529 g/mol. The average molecular weight is 556 g/mol. The van der Waals surface area contributed by atoms with E-state index in [4.69, 9.17) is 25.8 Å². The van der Waals surface area contributed by atoms with Crippen LogP contribution in [0, 0.1) is 11.7 Å². The van der Waals surface area contributed by atoms with Crippen molar-refractivity contribution >= 4 is 51.6 Å². The minimum Gasteiger partial charge on any atom is -0.491 e. The van der Waals surface area contributed by atoms with Crippen molar-refractivity contribution < 1.29 is 28.2 Å². The van der Waals surface area contributed by atoms with E-state index >= 15 is 0 Å². The number of carbonyl (C=O) groups excluding carboxylic acids is 2. The monoisotopic (exact) mass is 555 g/mol. The predicted molar refractivity (Wildman–Crippen MR) is 144 cm³/mol. The molecule has 1 aliphatic carbocycles. The Morgan fingerprint density at radius 2 is 2.13 bits per heavy atom. The highest BCUT2D eigenvalue weighted by atomic mass is 35.5. The van der Waals surface area contributed by atoms with E-state index < -0.39 is 12.1 Å². The molecule has 1 aromatic heterocycles. The number of halogens is 2. The minimum absolute atomic E-state index is 0.0203. The Balaban J connectivity index is 1.35. The van der Waals surface area contributed by atoms with Gasteiger partial charge in [0.1, 0.15) is 23.7 Å². The number of nitrogens with zero attached hydrogens (tertiary/aromatic N) is 3. The molecule has 2 aliphatic rings. The lowest BCUT2D eigenvalue weighted by atomic mass is 10.1. The maximum absolute atomic E-state index is 13.6. The largest absolute Gasteiger partial charge is 0.491 e. The standard InChI is InChI=1S/C27H27ClFN5O5/c1-37-26-13-34(12-25(36)39-26)8-2-3-24(35)33-22-10-18-21(11-23(22)38-14-16-4-5-16)30-15-31-27(18)32-17-6-7-20(29)19(28)9-17/h2-3,6-7,9-11,15-16,26H,4-5,8,12-14H2,1H3,(H,33,35)(H,30,31,32)/t26-/m1/s1. The van der Waals surface area contributed by atoms with Crippen LogP contribution in [-0.4, -0.2) is 66.4 Å². The number of carbonyl (C=O) groups is 2. The highest BCUT2D eigenvalue weighted by Gasteiger charge is 2.26. The van der Waals surface area contributed by atoms with Gasteiger partial charge >= 0.3 is 5.97 Å². The summed E-state index contributed by atoms with van der Waals surface area (Å²) in [4.78, 5) is 35.1. The Morgan fingerprint density at radius 1 is 1.28 bits per heavy atom. The molecule has 3 aromatic rings. The number of morpholine rings is 1. The molecule has 12 heteroatoms. The van der Waals surface area contributed by atoms with Crippen LogP contribution in [-0.2, 0) is 19.1 Å². The SMILES string of the molecule is CO[C@H]1CN(CC=CC(=O)Nc2cc3c(Nc4ccc(F)c(Cl)c4)ncnc3cc2OCC2CC2)CC(=O)O1. The molecule has 2 aromatic carbocycles. The first kappa shape index (κ1) is 26.8. The van der Waals surface area contributed by atoms with Crippen LogP contribution in [0.2, 0.25) is 5.02 Å². The number of hydrogen-bond donors (Lipinski definition) is 2. The number of benzene rings is 2. The fraction of sp³-hybridized carbons (Fsp3) is 0.333. The average Bonchev–Trinajstić information content (AvgIpc) is 3.74. The molecule has 0 bridgehead atoms. The molecule has 0 spiro atoms. The normalized spacial score (nSPS) is 17.8. The van der Waals surface area contributed by atoms with Crippen LogP contribution in [0.3, 0.4) is 0 Å². The third kappa shape index (κ3) is 6.99. The zero-order valence-electron chi connectivity index (χ0n) is 21.2. The van der Waals surface area contributed by atoms with E-state index in [9.17, 15) is 14.0 Å². The summed E-state index contributed by atoms with van der Waals surface area (Å²) in [6, 6.07) is 7.76. The predicted octanol–water partition coefficient (Wildman–Crippen LogP) is 4.28. The highest BCUT2D eigenvalue weighted by molar-refractivity contribution is 6.31. The Morgan fingerprint density at radius 3 is 2.90 bits per heavy atom. The van der Waals surface area contributed by atoms with Gasteiger partial charge in [-0.05, 0) is 43.0 Å². The van der Waals surface area contributed by atoms with Gasteiger partial charge in [0.2, 0.25) is 12.2 Å². The molecule has 1 amide bonds. The molecule has 10 nitrogen and oxygen atoms in total. The summed E-state index contributed by atoms with van der Waals surface area (Å²) in [6.45, 7) is 1.44. The van der Waals surface area contributed by atoms with Gasteiger partial charge in [-0.2, -0.15) is 0 Å². The molecule has 2 N–H and O–H groups in total. The van der Waals surface area contributed by atoms with E-state index in [2.05, 4.69) is 20.6 Å². The Bertz CT molecular complexity index is 1420. The topological polar surface area (TPSA) is 115 Å². The molecule has 2 heterocycles. The van der Waals surface area contributed by atoms with E-state index in [0.717, 1.165) is 12.8 Å². The number of fused-ring (bicyclic) bond motifs is 1. The number of rotatable bonds is 10. The molecule has 204 valence electrons. The lowest BCUT2D eigenvalue weighted by Crippen LogP contribution is -2.46. The molecule has 39 heavy (non-hydrogen) atoms. The number of ether oxygens (including phenoxy) is 3. The fourth-order valence-electron chi connectivity index (χ4n) is 4.03. The van der Waals surface area contributed by atoms with Gasteiger partial charge < -0.3 is 24.8 Å². The van der Waals surface area contributed by atoms with Crippen molar-refractivity contribution in [3.63, 3.8) is 0 Å². The molecule has 5 rings (SSSR count).